The van der Waals surface area contributed by atoms with Crippen LogP contribution in [0.5, 0.6) is 11.5 Å². The van der Waals surface area contributed by atoms with Gasteiger partial charge in [0.15, 0.2) is 0 Å². The molecular formula is C44H52Cl2FN7O6. The Bertz CT molecular complexity index is 2220. The Balaban J connectivity index is 1.30. The first-order valence-electron chi connectivity index (χ1n) is 19.9. The van der Waals surface area contributed by atoms with Gasteiger partial charge in [-0.3, -0.25) is 19.2 Å². The highest BCUT2D eigenvalue weighted by Crippen LogP contribution is 2.36. The Morgan fingerprint density at radius 1 is 0.983 bits per heavy atom. The number of benzene rings is 3. The summed E-state index contributed by atoms with van der Waals surface area (Å²) in [5.74, 6) is -2.54. The number of ether oxygens (including phenoxy) is 1. The van der Waals surface area contributed by atoms with Crippen molar-refractivity contribution in [1.29, 1.82) is 0 Å². The summed E-state index contributed by atoms with van der Waals surface area (Å²) < 4.78 is 24.2. The second kappa shape index (κ2) is 18.7. The summed E-state index contributed by atoms with van der Waals surface area (Å²) >= 11 is 12.5. The normalized spacial score (nSPS) is 22.0. The van der Waals surface area contributed by atoms with Crippen LogP contribution in [0.2, 0.25) is 10.0 Å². The van der Waals surface area contributed by atoms with Crippen LogP contribution in [0.3, 0.4) is 0 Å². The fourth-order valence-corrected chi connectivity index (χ4v) is 8.41. The van der Waals surface area contributed by atoms with Crippen molar-refractivity contribution in [3.63, 3.8) is 0 Å². The number of carbonyl (C=O) groups is 4. The first kappa shape index (κ1) is 44.5. The molecule has 1 aromatic heterocycles. The molecule has 0 radical (unpaired) electrons. The minimum atomic E-state index is -1.38. The number of fused-ring (bicyclic) bond motifs is 2. The number of hydrogen-bond acceptors (Lipinski definition) is 8. The topological polar surface area (TPSA) is 141 Å². The van der Waals surface area contributed by atoms with Gasteiger partial charge in [0.2, 0.25) is 23.6 Å². The molecule has 2 fully saturated rings. The lowest BCUT2D eigenvalue weighted by Gasteiger charge is -2.49. The van der Waals surface area contributed by atoms with Gasteiger partial charge < -0.3 is 39.3 Å². The van der Waals surface area contributed by atoms with E-state index < -0.39 is 60.2 Å². The van der Waals surface area contributed by atoms with Crippen molar-refractivity contribution < 1.29 is 33.4 Å². The summed E-state index contributed by atoms with van der Waals surface area (Å²) in [5, 5.41) is 13.8. The molecule has 6 rings (SSSR count). The van der Waals surface area contributed by atoms with Gasteiger partial charge in [0.1, 0.15) is 35.2 Å². The number of halogens is 3. The van der Waals surface area contributed by atoms with Crippen LogP contribution in [0.15, 0.2) is 66.9 Å². The monoisotopic (exact) mass is 863 g/mol. The molecule has 4 amide bonds. The highest BCUT2D eigenvalue weighted by molar-refractivity contribution is 6.31. The van der Waals surface area contributed by atoms with E-state index in [0.717, 1.165) is 33.6 Å². The minimum absolute atomic E-state index is 0.0147. The second-order valence-corrected chi connectivity index (χ2v) is 17.1. The molecule has 2 aliphatic heterocycles. The third kappa shape index (κ3) is 9.78. The van der Waals surface area contributed by atoms with Gasteiger partial charge in [-0.25, -0.2) is 9.37 Å². The first-order valence-corrected chi connectivity index (χ1v) is 20.7. The largest absolute Gasteiger partial charge is 0.457 e. The second-order valence-electron chi connectivity index (χ2n) is 16.2. The SMILES string of the molecule is C[C@@H]1CC(=O)N(Cc2c(F)cc(Cl)cc2Oc2ccc(-c3cnc(CN(C)C)n3C)cc2)[C@@H](C)C(=O)N[C@@H](CO)C(=O)N(C)[C@@]2(Cc3ccc(Cl)cc3)CCCN(C2)C1=O. The zero-order chi connectivity index (χ0) is 43.5. The number of nitrogens with zero attached hydrogens (tertiary/aromatic N) is 6. The van der Waals surface area contributed by atoms with Gasteiger partial charge >= 0.3 is 0 Å². The lowest BCUT2D eigenvalue weighted by atomic mass is 9.80. The molecule has 320 valence electrons. The summed E-state index contributed by atoms with van der Waals surface area (Å²) in [4.78, 5) is 67.7. The van der Waals surface area contributed by atoms with Crippen molar-refractivity contribution >= 4 is 46.8 Å². The summed E-state index contributed by atoms with van der Waals surface area (Å²) in [5.41, 5.74) is 1.71. The number of amides is 4. The molecule has 4 atom stereocenters. The molecule has 4 aromatic rings. The highest BCUT2D eigenvalue weighted by atomic mass is 35.5. The number of rotatable bonds is 10. The Labute approximate surface area is 360 Å². The third-order valence-electron chi connectivity index (χ3n) is 11.6. The van der Waals surface area contributed by atoms with Crippen LogP contribution in [-0.2, 0) is 45.7 Å². The average molecular weight is 865 g/mol. The molecule has 3 aromatic carbocycles. The minimum Gasteiger partial charge on any atom is -0.457 e. The standard InChI is InChI=1S/C44H52Cl2FN7O6/c1-27-18-40(56)54(23-34-35(47)19-32(46)20-38(34)60-33-14-10-30(11-15-33)37-22-48-39(51(37)5)24-50(3)4)28(2)41(57)49-36(25-55)43(59)52(6)44(16-7-17-53(26-44)42(27)58)21-29-8-12-31(45)13-9-29/h8-15,19-20,22,27-28,36,55H,7,16-18,21,23-26H2,1-6H3,(H,49,57)/t27-,28+,36+,44-/m1/s1. The van der Waals surface area contributed by atoms with Crippen LogP contribution in [-0.4, -0.2) is 116 Å². The summed E-state index contributed by atoms with van der Waals surface area (Å²) in [6.45, 7) is 3.17. The molecule has 2 aliphatic rings. The molecule has 2 bridgehead atoms. The van der Waals surface area contributed by atoms with Crippen molar-refractivity contribution in [1.82, 2.24) is 34.5 Å². The van der Waals surface area contributed by atoms with E-state index in [1.54, 1.807) is 49.3 Å². The van der Waals surface area contributed by atoms with E-state index in [1.807, 2.05) is 54.9 Å². The number of carbonyl (C=O) groups excluding carboxylic acids is 4. The quantitative estimate of drug-likeness (QED) is 0.208. The van der Waals surface area contributed by atoms with Gasteiger partial charge in [-0.2, -0.15) is 0 Å². The van der Waals surface area contributed by atoms with Crippen LogP contribution in [0.4, 0.5) is 4.39 Å². The number of aliphatic hydroxyl groups is 1. The van der Waals surface area contributed by atoms with Crippen LogP contribution < -0.4 is 10.1 Å². The number of piperidine rings is 1. The average Bonchev–Trinajstić information content (AvgIpc) is 3.57. The summed E-state index contributed by atoms with van der Waals surface area (Å²) in [7, 11) is 7.50. The molecule has 3 heterocycles. The van der Waals surface area contributed by atoms with E-state index in [1.165, 1.54) is 17.9 Å². The maximum absolute atomic E-state index is 16.0. The van der Waals surface area contributed by atoms with E-state index in [9.17, 15) is 24.3 Å². The number of aliphatic hydroxyl groups excluding tert-OH is 1. The van der Waals surface area contributed by atoms with Gasteiger partial charge in [0.25, 0.3) is 0 Å². The molecule has 2 N–H and O–H groups in total. The van der Waals surface area contributed by atoms with Gasteiger partial charge in [-0.05, 0) is 94.4 Å². The van der Waals surface area contributed by atoms with Crippen LogP contribution in [0.1, 0.15) is 50.1 Å². The Kier molecular flexibility index (Phi) is 13.9. The summed E-state index contributed by atoms with van der Waals surface area (Å²) in [6, 6.07) is 14.3. The van der Waals surface area contributed by atoms with E-state index in [2.05, 4.69) is 10.3 Å². The fraction of sp³-hybridized carbons (Fsp3) is 0.432. The predicted molar refractivity (Wildman–Crippen MR) is 227 cm³/mol. The van der Waals surface area contributed by atoms with Crippen LogP contribution in [0, 0.1) is 11.7 Å². The van der Waals surface area contributed by atoms with Gasteiger partial charge in [-0.15, -0.1) is 0 Å². The lowest BCUT2D eigenvalue weighted by Crippen LogP contribution is -2.65. The van der Waals surface area contributed by atoms with Crippen molar-refractivity contribution in [3.05, 3.63) is 99.7 Å². The predicted octanol–water partition coefficient (Wildman–Crippen LogP) is 5.68. The molecular weight excluding hydrogens is 812 g/mol. The molecule has 13 nitrogen and oxygen atoms in total. The van der Waals surface area contributed by atoms with E-state index in [0.29, 0.717) is 43.1 Å². The van der Waals surface area contributed by atoms with E-state index >= 15 is 4.39 Å². The molecule has 0 spiro atoms. The molecule has 60 heavy (non-hydrogen) atoms. The number of hydrogen-bond donors (Lipinski definition) is 2. The van der Waals surface area contributed by atoms with Crippen molar-refractivity contribution in [2.45, 2.75) is 70.2 Å². The summed E-state index contributed by atoms with van der Waals surface area (Å²) in [6.07, 6.45) is 3.01. The fourth-order valence-electron chi connectivity index (χ4n) is 8.09. The number of aromatic nitrogens is 2. The Morgan fingerprint density at radius 3 is 2.35 bits per heavy atom. The van der Waals surface area contributed by atoms with Crippen molar-refractivity contribution in [2.24, 2.45) is 13.0 Å². The first-order chi connectivity index (χ1) is 28.5. The molecule has 16 heteroatoms. The lowest BCUT2D eigenvalue weighted by molar-refractivity contribution is -0.152. The van der Waals surface area contributed by atoms with Crippen molar-refractivity contribution in [3.8, 4) is 22.8 Å². The van der Waals surface area contributed by atoms with Gasteiger partial charge in [0.05, 0.1) is 37.1 Å². The molecule has 0 saturated carbocycles. The van der Waals surface area contributed by atoms with Gasteiger partial charge in [-0.1, -0.05) is 42.3 Å². The number of imidazole rings is 1. The van der Waals surface area contributed by atoms with Crippen molar-refractivity contribution in [2.75, 3.05) is 40.8 Å². The highest BCUT2D eigenvalue weighted by Gasteiger charge is 2.45. The third-order valence-corrected chi connectivity index (χ3v) is 12.1. The Morgan fingerprint density at radius 2 is 1.68 bits per heavy atom. The van der Waals surface area contributed by atoms with Crippen LogP contribution in [0.25, 0.3) is 11.3 Å². The molecule has 0 aliphatic carbocycles. The maximum Gasteiger partial charge on any atom is 0.247 e. The van der Waals surface area contributed by atoms with E-state index in [4.69, 9.17) is 27.9 Å². The molecule has 2 saturated heterocycles. The number of nitrogens with one attached hydrogen (secondary N) is 1. The zero-order valence-corrected chi connectivity index (χ0v) is 36.3. The smallest absolute Gasteiger partial charge is 0.247 e. The number of likely N-dealkylation sites (N-methyl/N-ethyl adjacent to an activating group) is 1. The van der Waals surface area contributed by atoms with E-state index in [-0.39, 0.29) is 35.2 Å². The maximum atomic E-state index is 16.0. The molecule has 0 unspecified atom stereocenters. The van der Waals surface area contributed by atoms with Gasteiger partial charge in [0, 0.05) is 60.7 Å². The van der Waals surface area contributed by atoms with Crippen LogP contribution >= 0.6 is 23.2 Å². The Hall–Kier alpha value is -5.02. The zero-order valence-electron chi connectivity index (χ0n) is 34.8.